The maximum Gasteiger partial charge on any atom is 0.407 e. The molecule has 1 saturated carbocycles. The number of ether oxygens (including phenoxy) is 1. The van der Waals surface area contributed by atoms with E-state index in [1.54, 1.807) is 0 Å². The summed E-state index contributed by atoms with van der Waals surface area (Å²) in [4.78, 5) is 12.2. The van der Waals surface area contributed by atoms with Crippen molar-refractivity contribution in [2.24, 2.45) is 23.0 Å². The Bertz CT molecular complexity index is 785. The lowest BCUT2D eigenvalue weighted by Crippen LogP contribution is -2.29. The lowest BCUT2D eigenvalue weighted by Gasteiger charge is -2.14. The van der Waals surface area contributed by atoms with Gasteiger partial charge in [0.25, 0.3) is 0 Å². The molecule has 4 heteroatoms. The summed E-state index contributed by atoms with van der Waals surface area (Å²) in [6.45, 7) is 6.06. The molecular formula is C22H26N2O2. The first-order valence-electron chi connectivity index (χ1n) is 9.33. The lowest BCUT2D eigenvalue weighted by molar-refractivity contribution is 0.142. The molecule has 0 bridgehead atoms. The van der Waals surface area contributed by atoms with Crippen LogP contribution in [-0.2, 0) is 4.74 Å². The highest BCUT2D eigenvalue weighted by molar-refractivity contribution is 5.79. The van der Waals surface area contributed by atoms with E-state index in [0.29, 0.717) is 31.5 Å². The van der Waals surface area contributed by atoms with Gasteiger partial charge in [-0.1, -0.05) is 62.4 Å². The fourth-order valence-corrected chi connectivity index (χ4v) is 4.57. The molecule has 4 nitrogen and oxygen atoms in total. The van der Waals surface area contributed by atoms with E-state index in [1.165, 1.54) is 22.3 Å². The highest BCUT2D eigenvalue weighted by atomic mass is 16.5. The standard InChI is InChI=1S/C22H26N2O2/c1-22(2)19(11-23)20(22)12-24-21(25)26-13-18-16-9-5-3-7-14(16)15-8-4-6-10-17(15)18/h3-10,18-20H,11-13,23H2,1-2H3,(H,24,25)/t19-,20-/m1/s1. The summed E-state index contributed by atoms with van der Waals surface area (Å²) in [5.74, 6) is 1.02. The monoisotopic (exact) mass is 350 g/mol. The van der Waals surface area contributed by atoms with Gasteiger partial charge in [0.2, 0.25) is 0 Å². The van der Waals surface area contributed by atoms with Gasteiger partial charge in [0.15, 0.2) is 0 Å². The fraction of sp³-hybridized carbons (Fsp3) is 0.409. The first-order chi connectivity index (χ1) is 12.5. The maximum atomic E-state index is 12.2. The molecule has 2 atom stereocenters. The van der Waals surface area contributed by atoms with Crippen LogP contribution in [0.3, 0.4) is 0 Å². The van der Waals surface area contributed by atoms with Crippen LogP contribution in [0.2, 0.25) is 0 Å². The van der Waals surface area contributed by atoms with Crippen molar-refractivity contribution in [1.29, 1.82) is 0 Å². The quantitative estimate of drug-likeness (QED) is 0.863. The maximum absolute atomic E-state index is 12.2. The number of rotatable bonds is 5. The van der Waals surface area contributed by atoms with Crippen molar-refractivity contribution in [3.8, 4) is 11.1 Å². The van der Waals surface area contributed by atoms with Gasteiger partial charge in [-0.15, -0.1) is 0 Å². The van der Waals surface area contributed by atoms with Crippen LogP contribution in [0.25, 0.3) is 11.1 Å². The Balaban J connectivity index is 1.38. The van der Waals surface area contributed by atoms with Crippen molar-refractivity contribution in [2.75, 3.05) is 19.7 Å². The average Bonchev–Trinajstić information content (AvgIpc) is 3.03. The van der Waals surface area contributed by atoms with E-state index in [-0.39, 0.29) is 17.4 Å². The van der Waals surface area contributed by atoms with Crippen molar-refractivity contribution >= 4 is 6.09 Å². The molecule has 1 fully saturated rings. The minimum atomic E-state index is -0.342. The molecule has 26 heavy (non-hydrogen) atoms. The summed E-state index contributed by atoms with van der Waals surface area (Å²) in [7, 11) is 0. The smallest absolute Gasteiger partial charge is 0.407 e. The highest BCUT2D eigenvalue weighted by Gasteiger charge is 2.56. The summed E-state index contributed by atoms with van der Waals surface area (Å²) in [6.07, 6.45) is -0.342. The number of carbonyl (C=O) groups is 1. The van der Waals surface area contributed by atoms with Gasteiger partial charge >= 0.3 is 6.09 Å². The molecule has 2 aromatic rings. The Morgan fingerprint density at radius 1 is 1.04 bits per heavy atom. The molecule has 0 spiro atoms. The fourth-order valence-electron chi connectivity index (χ4n) is 4.57. The Morgan fingerprint density at radius 2 is 1.62 bits per heavy atom. The van der Waals surface area contributed by atoms with Crippen LogP contribution in [0.4, 0.5) is 4.79 Å². The number of nitrogens with one attached hydrogen (secondary N) is 1. The Labute approximate surface area is 154 Å². The first-order valence-corrected chi connectivity index (χ1v) is 9.33. The predicted octanol–water partition coefficient (Wildman–Crippen LogP) is 3.76. The van der Waals surface area contributed by atoms with Crippen molar-refractivity contribution in [3.05, 3.63) is 59.7 Å². The van der Waals surface area contributed by atoms with Gasteiger partial charge in [-0.25, -0.2) is 4.79 Å². The molecule has 2 aromatic carbocycles. The van der Waals surface area contributed by atoms with Crippen LogP contribution in [0.5, 0.6) is 0 Å². The van der Waals surface area contributed by atoms with Gasteiger partial charge in [-0.05, 0) is 46.0 Å². The van der Waals surface area contributed by atoms with Crippen molar-refractivity contribution in [1.82, 2.24) is 5.32 Å². The number of benzene rings is 2. The second-order valence-corrected chi connectivity index (χ2v) is 7.98. The zero-order valence-corrected chi connectivity index (χ0v) is 15.4. The van der Waals surface area contributed by atoms with Crippen LogP contribution >= 0.6 is 0 Å². The molecule has 0 unspecified atom stereocenters. The topological polar surface area (TPSA) is 64.3 Å². The highest BCUT2D eigenvalue weighted by Crippen LogP contribution is 2.57. The molecule has 0 heterocycles. The van der Waals surface area contributed by atoms with Crippen molar-refractivity contribution in [2.45, 2.75) is 19.8 Å². The van der Waals surface area contributed by atoms with E-state index in [2.05, 4.69) is 55.6 Å². The van der Waals surface area contributed by atoms with E-state index in [0.717, 1.165) is 0 Å². The van der Waals surface area contributed by atoms with E-state index in [9.17, 15) is 4.79 Å². The number of amides is 1. The molecular weight excluding hydrogens is 324 g/mol. The number of alkyl carbamates (subject to hydrolysis) is 1. The van der Waals surface area contributed by atoms with Gasteiger partial charge in [-0.3, -0.25) is 0 Å². The normalized spacial score (nSPS) is 22.4. The second-order valence-electron chi connectivity index (χ2n) is 7.98. The number of hydrogen-bond donors (Lipinski definition) is 2. The van der Waals surface area contributed by atoms with Gasteiger partial charge in [0, 0.05) is 12.5 Å². The van der Waals surface area contributed by atoms with E-state index >= 15 is 0 Å². The van der Waals surface area contributed by atoms with Gasteiger partial charge in [-0.2, -0.15) is 0 Å². The number of nitrogens with two attached hydrogens (primary N) is 1. The zero-order valence-electron chi connectivity index (χ0n) is 15.4. The Morgan fingerprint density at radius 3 is 2.15 bits per heavy atom. The second kappa shape index (κ2) is 6.44. The third-order valence-corrected chi connectivity index (χ3v) is 6.35. The number of carbonyl (C=O) groups excluding carboxylic acids is 1. The van der Waals surface area contributed by atoms with Crippen LogP contribution < -0.4 is 11.1 Å². The van der Waals surface area contributed by atoms with Crippen LogP contribution in [-0.4, -0.2) is 25.8 Å². The number of hydrogen-bond acceptors (Lipinski definition) is 3. The average molecular weight is 350 g/mol. The molecule has 0 saturated heterocycles. The zero-order chi connectivity index (χ0) is 18.3. The molecule has 4 rings (SSSR count). The van der Waals surface area contributed by atoms with E-state index < -0.39 is 0 Å². The van der Waals surface area contributed by atoms with Crippen LogP contribution in [0, 0.1) is 17.3 Å². The predicted molar refractivity (Wildman–Crippen MR) is 103 cm³/mol. The third kappa shape index (κ3) is 2.78. The molecule has 0 aliphatic heterocycles. The van der Waals surface area contributed by atoms with E-state index in [1.807, 2.05) is 12.1 Å². The molecule has 0 aromatic heterocycles. The minimum absolute atomic E-state index is 0.0994. The Kier molecular flexibility index (Phi) is 4.23. The summed E-state index contributed by atoms with van der Waals surface area (Å²) in [5.41, 5.74) is 10.9. The first kappa shape index (κ1) is 17.1. The molecule has 0 radical (unpaired) electrons. The summed E-state index contributed by atoms with van der Waals surface area (Å²) in [5, 5.41) is 2.92. The van der Waals surface area contributed by atoms with Crippen molar-refractivity contribution in [3.63, 3.8) is 0 Å². The van der Waals surface area contributed by atoms with Crippen LogP contribution in [0.1, 0.15) is 30.9 Å². The molecule has 1 amide bonds. The van der Waals surface area contributed by atoms with Gasteiger partial charge < -0.3 is 15.8 Å². The Hall–Kier alpha value is -2.33. The van der Waals surface area contributed by atoms with Crippen molar-refractivity contribution < 1.29 is 9.53 Å². The van der Waals surface area contributed by atoms with E-state index in [4.69, 9.17) is 10.5 Å². The lowest BCUT2D eigenvalue weighted by atomic mass is 9.98. The summed E-state index contributed by atoms with van der Waals surface area (Å²) in [6, 6.07) is 16.7. The molecule has 3 N–H and O–H groups in total. The molecule has 136 valence electrons. The SMILES string of the molecule is CC1(C)[C@H](CN)[C@H]1CNC(=O)OCC1c2ccccc2-c2ccccc21. The number of fused-ring (bicyclic) bond motifs is 3. The molecule has 2 aliphatic rings. The largest absolute Gasteiger partial charge is 0.449 e. The van der Waals surface area contributed by atoms with Crippen LogP contribution in [0.15, 0.2) is 48.5 Å². The molecule has 2 aliphatic carbocycles. The third-order valence-electron chi connectivity index (χ3n) is 6.35. The van der Waals surface area contributed by atoms with Gasteiger partial charge in [0.1, 0.15) is 6.61 Å². The minimum Gasteiger partial charge on any atom is -0.449 e. The summed E-state index contributed by atoms with van der Waals surface area (Å²) < 4.78 is 5.57. The van der Waals surface area contributed by atoms with Gasteiger partial charge in [0.05, 0.1) is 0 Å². The summed E-state index contributed by atoms with van der Waals surface area (Å²) >= 11 is 0.